The molecule has 0 aliphatic heterocycles. The van der Waals surface area contributed by atoms with E-state index in [2.05, 4.69) is 16.0 Å². The van der Waals surface area contributed by atoms with Gasteiger partial charge in [-0.2, -0.15) is 0 Å². The SMILES string of the molecule is CCS(=O)(=O)c1cccc(-c2ccc(OCCCOC)c3[nH]c4ncc(C)cc4c23)c1. The Morgan fingerprint density at radius 2 is 1.94 bits per heavy atom. The first-order valence-corrected chi connectivity index (χ1v) is 12.0. The van der Waals surface area contributed by atoms with E-state index >= 15 is 0 Å². The van der Waals surface area contributed by atoms with Crippen molar-refractivity contribution < 1.29 is 17.9 Å². The topological polar surface area (TPSA) is 81.3 Å². The van der Waals surface area contributed by atoms with Gasteiger partial charge in [0.1, 0.15) is 11.4 Å². The number of aromatic nitrogens is 2. The third-order valence-electron chi connectivity index (χ3n) is 5.34. The van der Waals surface area contributed by atoms with Crippen molar-refractivity contribution in [1.82, 2.24) is 9.97 Å². The minimum atomic E-state index is -3.30. The fourth-order valence-electron chi connectivity index (χ4n) is 3.74. The average molecular weight is 439 g/mol. The minimum absolute atomic E-state index is 0.0658. The number of hydrogen-bond acceptors (Lipinski definition) is 5. The number of hydrogen-bond donors (Lipinski definition) is 1. The Morgan fingerprint density at radius 1 is 1.10 bits per heavy atom. The second kappa shape index (κ2) is 8.69. The van der Waals surface area contributed by atoms with Crippen molar-refractivity contribution in [2.45, 2.75) is 25.2 Å². The summed E-state index contributed by atoms with van der Waals surface area (Å²) in [6.45, 7) is 4.83. The molecule has 2 aromatic heterocycles. The Kier molecular flexibility index (Phi) is 5.98. The molecule has 2 heterocycles. The largest absolute Gasteiger partial charge is 0.491 e. The molecule has 0 spiro atoms. The summed E-state index contributed by atoms with van der Waals surface area (Å²) in [5.74, 6) is 0.805. The smallest absolute Gasteiger partial charge is 0.178 e. The van der Waals surface area contributed by atoms with Crippen molar-refractivity contribution in [3.05, 3.63) is 54.2 Å². The van der Waals surface area contributed by atoms with Crippen molar-refractivity contribution in [1.29, 1.82) is 0 Å². The van der Waals surface area contributed by atoms with Crippen LogP contribution in [-0.4, -0.2) is 44.5 Å². The molecule has 0 radical (unpaired) electrons. The number of ether oxygens (including phenoxy) is 2. The van der Waals surface area contributed by atoms with Gasteiger partial charge in [-0.15, -0.1) is 0 Å². The Hall–Kier alpha value is -2.90. The molecule has 31 heavy (non-hydrogen) atoms. The monoisotopic (exact) mass is 438 g/mol. The van der Waals surface area contributed by atoms with E-state index in [0.717, 1.165) is 50.8 Å². The van der Waals surface area contributed by atoms with Crippen LogP contribution in [0.2, 0.25) is 0 Å². The predicted molar refractivity (Wildman–Crippen MR) is 123 cm³/mol. The van der Waals surface area contributed by atoms with Gasteiger partial charge in [-0.3, -0.25) is 0 Å². The predicted octanol–water partition coefficient (Wildman–Crippen LogP) is 4.90. The van der Waals surface area contributed by atoms with Gasteiger partial charge in [0, 0.05) is 37.1 Å². The van der Waals surface area contributed by atoms with Crippen LogP contribution in [0.15, 0.2) is 53.6 Å². The second-order valence-electron chi connectivity index (χ2n) is 7.52. The lowest BCUT2D eigenvalue weighted by Crippen LogP contribution is -2.03. The summed E-state index contributed by atoms with van der Waals surface area (Å²) in [5.41, 5.74) is 4.45. The van der Waals surface area contributed by atoms with Crippen LogP contribution in [0.5, 0.6) is 5.75 Å². The maximum Gasteiger partial charge on any atom is 0.178 e. The quantitative estimate of drug-likeness (QED) is 0.396. The van der Waals surface area contributed by atoms with E-state index in [9.17, 15) is 8.42 Å². The summed E-state index contributed by atoms with van der Waals surface area (Å²) in [4.78, 5) is 8.27. The van der Waals surface area contributed by atoms with E-state index in [-0.39, 0.29) is 5.75 Å². The fourth-order valence-corrected chi connectivity index (χ4v) is 4.66. The van der Waals surface area contributed by atoms with E-state index in [1.807, 2.05) is 31.3 Å². The van der Waals surface area contributed by atoms with E-state index in [0.29, 0.717) is 18.1 Å². The van der Waals surface area contributed by atoms with Crippen LogP contribution in [0.1, 0.15) is 18.9 Å². The van der Waals surface area contributed by atoms with Crippen LogP contribution >= 0.6 is 0 Å². The first-order valence-electron chi connectivity index (χ1n) is 10.3. The van der Waals surface area contributed by atoms with Gasteiger partial charge in [-0.25, -0.2) is 13.4 Å². The Balaban J connectivity index is 1.91. The first-order chi connectivity index (χ1) is 14.9. The molecule has 0 unspecified atom stereocenters. The molecule has 4 aromatic rings. The molecule has 1 N–H and O–H groups in total. The molecule has 2 aromatic carbocycles. The summed E-state index contributed by atoms with van der Waals surface area (Å²) in [6, 6.07) is 13.1. The highest BCUT2D eigenvalue weighted by Crippen LogP contribution is 2.39. The van der Waals surface area contributed by atoms with Crippen molar-refractivity contribution in [3.63, 3.8) is 0 Å². The van der Waals surface area contributed by atoms with E-state index in [4.69, 9.17) is 9.47 Å². The normalized spacial score (nSPS) is 12.0. The van der Waals surface area contributed by atoms with Crippen LogP contribution in [0.4, 0.5) is 0 Å². The summed E-state index contributed by atoms with van der Waals surface area (Å²) in [5, 5.41) is 1.96. The molecule has 0 atom stereocenters. The molecule has 6 nitrogen and oxygen atoms in total. The molecule has 0 fully saturated rings. The number of pyridine rings is 1. The number of nitrogens with zero attached hydrogens (tertiary/aromatic N) is 1. The number of H-pyrrole nitrogens is 1. The number of rotatable bonds is 8. The molecule has 162 valence electrons. The van der Waals surface area contributed by atoms with Gasteiger partial charge in [0.05, 0.1) is 22.8 Å². The highest BCUT2D eigenvalue weighted by Gasteiger charge is 2.18. The number of sulfone groups is 1. The molecule has 0 saturated heterocycles. The number of aromatic amines is 1. The minimum Gasteiger partial charge on any atom is -0.491 e. The zero-order valence-corrected chi connectivity index (χ0v) is 18.8. The van der Waals surface area contributed by atoms with E-state index in [1.165, 1.54) is 0 Å². The molecular formula is C24H26N2O4S. The molecule has 7 heteroatoms. The molecule has 0 bridgehead atoms. The van der Waals surface area contributed by atoms with Gasteiger partial charge in [-0.1, -0.05) is 19.1 Å². The lowest BCUT2D eigenvalue weighted by Gasteiger charge is -2.11. The second-order valence-corrected chi connectivity index (χ2v) is 9.80. The van der Waals surface area contributed by atoms with Crippen LogP contribution in [0, 0.1) is 6.92 Å². The molecule has 4 rings (SSSR count). The van der Waals surface area contributed by atoms with E-state index in [1.54, 1.807) is 32.2 Å². The number of nitrogens with one attached hydrogen (secondary N) is 1. The Labute approximate surface area is 182 Å². The average Bonchev–Trinajstić information content (AvgIpc) is 3.16. The van der Waals surface area contributed by atoms with Crippen LogP contribution in [-0.2, 0) is 14.6 Å². The van der Waals surface area contributed by atoms with Gasteiger partial charge in [0.25, 0.3) is 0 Å². The van der Waals surface area contributed by atoms with Crippen molar-refractivity contribution in [3.8, 4) is 16.9 Å². The summed E-state index contributed by atoms with van der Waals surface area (Å²) in [6.07, 6.45) is 2.61. The number of benzene rings is 2. The number of fused-ring (bicyclic) bond motifs is 3. The van der Waals surface area contributed by atoms with Crippen molar-refractivity contribution in [2.24, 2.45) is 0 Å². The van der Waals surface area contributed by atoms with Gasteiger partial charge in [-0.05, 0) is 53.9 Å². The van der Waals surface area contributed by atoms with E-state index < -0.39 is 9.84 Å². The summed E-state index contributed by atoms with van der Waals surface area (Å²) in [7, 11) is -1.63. The zero-order valence-electron chi connectivity index (χ0n) is 17.9. The summed E-state index contributed by atoms with van der Waals surface area (Å²) >= 11 is 0. The third kappa shape index (κ3) is 4.16. The Morgan fingerprint density at radius 3 is 2.71 bits per heavy atom. The maximum atomic E-state index is 12.4. The highest BCUT2D eigenvalue weighted by atomic mass is 32.2. The number of aryl methyl sites for hydroxylation is 1. The first kappa shape index (κ1) is 21.3. The highest BCUT2D eigenvalue weighted by molar-refractivity contribution is 7.91. The molecular weight excluding hydrogens is 412 g/mol. The van der Waals surface area contributed by atoms with Gasteiger partial charge < -0.3 is 14.5 Å². The van der Waals surface area contributed by atoms with Crippen molar-refractivity contribution in [2.75, 3.05) is 26.1 Å². The maximum absolute atomic E-state index is 12.4. The van der Waals surface area contributed by atoms with Crippen molar-refractivity contribution >= 4 is 31.8 Å². The molecule has 0 amide bonds. The van der Waals surface area contributed by atoms with Crippen LogP contribution in [0.3, 0.4) is 0 Å². The Bertz CT molecular complexity index is 1340. The van der Waals surface area contributed by atoms with Gasteiger partial charge in [0.2, 0.25) is 0 Å². The number of methoxy groups -OCH3 is 1. The summed E-state index contributed by atoms with van der Waals surface area (Å²) < 4.78 is 36.0. The standard InChI is InChI=1S/C24H26N2O4S/c1-4-31(27,28)18-8-5-7-17(14-18)19-9-10-21(30-12-6-11-29-3)23-22(19)20-13-16(2)15-25-24(20)26-23/h5,7-10,13-15H,4,6,11-12H2,1-3H3,(H,25,26). The lowest BCUT2D eigenvalue weighted by molar-refractivity contribution is 0.172. The molecule has 0 aliphatic carbocycles. The molecule has 0 aliphatic rings. The van der Waals surface area contributed by atoms with Crippen LogP contribution in [0.25, 0.3) is 33.1 Å². The zero-order chi connectivity index (χ0) is 22.0. The molecule has 0 saturated carbocycles. The lowest BCUT2D eigenvalue weighted by atomic mass is 9.99. The third-order valence-corrected chi connectivity index (χ3v) is 7.07. The van der Waals surface area contributed by atoms with Crippen LogP contribution < -0.4 is 4.74 Å². The van der Waals surface area contributed by atoms with Gasteiger partial charge >= 0.3 is 0 Å². The van der Waals surface area contributed by atoms with Gasteiger partial charge in [0.15, 0.2) is 9.84 Å². The fraction of sp³-hybridized carbons (Fsp3) is 0.292.